The van der Waals surface area contributed by atoms with Crippen LogP contribution >= 0.6 is 0 Å². The number of nitrogens with two attached hydrogens (primary N) is 1. The van der Waals surface area contributed by atoms with Crippen molar-refractivity contribution < 1.29 is 14.7 Å². The second kappa shape index (κ2) is 8.87. The summed E-state index contributed by atoms with van der Waals surface area (Å²) in [5.41, 5.74) is 6.24. The number of nitrogens with one attached hydrogen (secondary N) is 1. The topological polar surface area (TPSA) is 92.4 Å². The summed E-state index contributed by atoms with van der Waals surface area (Å²) in [6.07, 6.45) is 4.80. The maximum atomic E-state index is 11.7. The molecule has 0 aliphatic rings. The van der Waals surface area contributed by atoms with Crippen LogP contribution in [-0.2, 0) is 9.59 Å². The number of carboxylic acids is 1. The molecular formula is C15H20N2O3. The molecule has 5 heteroatoms. The monoisotopic (exact) mass is 276 g/mol. The highest BCUT2D eigenvalue weighted by Crippen LogP contribution is 2.03. The Hall–Kier alpha value is -2.14. The molecule has 4 N–H and O–H groups in total. The Labute approximate surface area is 118 Å². The van der Waals surface area contributed by atoms with Gasteiger partial charge in [0.2, 0.25) is 5.91 Å². The Kier molecular flexibility index (Phi) is 7.06. The van der Waals surface area contributed by atoms with Gasteiger partial charge in [-0.05, 0) is 37.4 Å². The Morgan fingerprint density at radius 3 is 2.55 bits per heavy atom. The number of hydrogen-bond donors (Lipinski definition) is 3. The highest BCUT2D eigenvalue weighted by atomic mass is 16.4. The fourth-order valence-electron chi connectivity index (χ4n) is 1.71. The summed E-state index contributed by atoms with van der Waals surface area (Å²) < 4.78 is 0. The van der Waals surface area contributed by atoms with Crippen molar-refractivity contribution in [3.63, 3.8) is 0 Å². The lowest BCUT2D eigenvalue weighted by Crippen LogP contribution is -2.39. The Morgan fingerprint density at radius 1 is 1.25 bits per heavy atom. The molecule has 0 spiro atoms. The minimum Gasteiger partial charge on any atom is -0.480 e. The van der Waals surface area contributed by atoms with Crippen molar-refractivity contribution in [1.82, 2.24) is 5.32 Å². The maximum Gasteiger partial charge on any atom is 0.326 e. The van der Waals surface area contributed by atoms with Crippen molar-refractivity contribution in [2.24, 2.45) is 5.73 Å². The zero-order valence-electron chi connectivity index (χ0n) is 11.3. The third-order valence-electron chi connectivity index (χ3n) is 2.79. The number of carbonyl (C=O) groups excluding carboxylic acids is 1. The van der Waals surface area contributed by atoms with Gasteiger partial charge in [-0.2, -0.15) is 0 Å². The Balaban J connectivity index is 2.49. The third kappa shape index (κ3) is 6.15. The number of unbranched alkanes of at least 4 members (excludes halogenated alkanes) is 1. The zero-order chi connectivity index (χ0) is 14.8. The fourth-order valence-corrected chi connectivity index (χ4v) is 1.71. The van der Waals surface area contributed by atoms with Crippen LogP contribution in [0.4, 0.5) is 0 Å². The van der Waals surface area contributed by atoms with Crippen molar-refractivity contribution >= 4 is 18.0 Å². The van der Waals surface area contributed by atoms with Gasteiger partial charge in [-0.3, -0.25) is 4.79 Å². The second-order valence-corrected chi connectivity index (χ2v) is 4.43. The average molecular weight is 276 g/mol. The van der Waals surface area contributed by atoms with Gasteiger partial charge in [0.15, 0.2) is 0 Å². The molecule has 1 rings (SSSR count). The predicted molar refractivity (Wildman–Crippen MR) is 77.9 cm³/mol. The number of carbonyl (C=O) groups is 2. The third-order valence-corrected chi connectivity index (χ3v) is 2.79. The van der Waals surface area contributed by atoms with Gasteiger partial charge in [-0.1, -0.05) is 30.3 Å². The SMILES string of the molecule is NCCCCC(NC(=O)C=Cc1ccccc1)C(=O)O. The molecule has 0 saturated heterocycles. The van der Waals surface area contributed by atoms with Crippen LogP contribution in [0.3, 0.4) is 0 Å². The normalized spacial score (nSPS) is 12.2. The van der Waals surface area contributed by atoms with Gasteiger partial charge in [0.05, 0.1) is 0 Å². The first-order chi connectivity index (χ1) is 9.63. The molecule has 20 heavy (non-hydrogen) atoms. The molecule has 0 saturated carbocycles. The quantitative estimate of drug-likeness (QED) is 0.494. The van der Waals surface area contributed by atoms with E-state index in [-0.39, 0.29) is 0 Å². The van der Waals surface area contributed by atoms with Crippen LogP contribution in [0.25, 0.3) is 6.08 Å². The first kappa shape index (κ1) is 15.9. The van der Waals surface area contributed by atoms with E-state index in [2.05, 4.69) is 5.32 Å². The average Bonchev–Trinajstić information content (AvgIpc) is 2.45. The van der Waals surface area contributed by atoms with Crippen LogP contribution in [0.1, 0.15) is 24.8 Å². The molecule has 1 aromatic carbocycles. The zero-order valence-corrected chi connectivity index (χ0v) is 11.3. The standard InChI is InChI=1S/C15H20N2O3/c16-11-5-4-8-13(15(19)20)17-14(18)10-9-12-6-2-1-3-7-12/h1-3,6-7,9-10,13H,4-5,8,11,16H2,(H,17,18)(H,19,20). The summed E-state index contributed by atoms with van der Waals surface area (Å²) in [4.78, 5) is 22.7. The summed E-state index contributed by atoms with van der Waals surface area (Å²) >= 11 is 0. The van der Waals surface area contributed by atoms with E-state index < -0.39 is 17.9 Å². The summed E-state index contributed by atoms with van der Waals surface area (Å²) in [7, 11) is 0. The van der Waals surface area contributed by atoms with Gasteiger partial charge in [0.25, 0.3) is 0 Å². The molecule has 0 fully saturated rings. The minimum atomic E-state index is -1.02. The lowest BCUT2D eigenvalue weighted by Gasteiger charge is -2.12. The van der Waals surface area contributed by atoms with Gasteiger partial charge < -0.3 is 16.2 Å². The number of benzene rings is 1. The number of carboxylic acid groups (broad SMARTS) is 1. The fraction of sp³-hybridized carbons (Fsp3) is 0.333. The van der Waals surface area contributed by atoms with Crippen LogP contribution in [0.2, 0.25) is 0 Å². The van der Waals surface area contributed by atoms with Gasteiger partial charge in [-0.15, -0.1) is 0 Å². The smallest absolute Gasteiger partial charge is 0.326 e. The largest absolute Gasteiger partial charge is 0.480 e. The van der Waals surface area contributed by atoms with E-state index in [4.69, 9.17) is 10.8 Å². The highest BCUT2D eigenvalue weighted by molar-refractivity contribution is 5.94. The van der Waals surface area contributed by atoms with Crippen LogP contribution in [-0.4, -0.2) is 29.6 Å². The Bertz CT molecular complexity index is 457. The maximum absolute atomic E-state index is 11.7. The highest BCUT2D eigenvalue weighted by Gasteiger charge is 2.17. The second-order valence-electron chi connectivity index (χ2n) is 4.43. The number of aliphatic carboxylic acids is 1. The van der Waals surface area contributed by atoms with E-state index in [0.29, 0.717) is 19.4 Å². The summed E-state index contributed by atoms with van der Waals surface area (Å²) in [5.74, 6) is -1.43. The predicted octanol–water partition coefficient (Wildman–Crippen LogP) is 1.40. The number of hydrogen-bond acceptors (Lipinski definition) is 3. The summed E-state index contributed by atoms with van der Waals surface area (Å²) in [6.45, 7) is 0.522. The van der Waals surface area contributed by atoms with Crippen molar-refractivity contribution in [3.8, 4) is 0 Å². The molecule has 1 atom stereocenters. The van der Waals surface area contributed by atoms with Crippen LogP contribution in [0.5, 0.6) is 0 Å². The van der Waals surface area contributed by atoms with Crippen LogP contribution < -0.4 is 11.1 Å². The molecule has 0 aromatic heterocycles. The molecular weight excluding hydrogens is 256 g/mol. The molecule has 0 radical (unpaired) electrons. The molecule has 0 aliphatic heterocycles. The molecule has 0 heterocycles. The lowest BCUT2D eigenvalue weighted by molar-refractivity contribution is -0.141. The van der Waals surface area contributed by atoms with Crippen molar-refractivity contribution in [3.05, 3.63) is 42.0 Å². The molecule has 5 nitrogen and oxygen atoms in total. The number of rotatable bonds is 8. The first-order valence-corrected chi connectivity index (χ1v) is 6.60. The van der Waals surface area contributed by atoms with E-state index >= 15 is 0 Å². The van der Waals surface area contributed by atoms with Gasteiger partial charge in [0.1, 0.15) is 6.04 Å². The van der Waals surface area contributed by atoms with E-state index in [1.165, 1.54) is 6.08 Å². The number of amides is 1. The molecule has 108 valence electrons. The van der Waals surface area contributed by atoms with Gasteiger partial charge >= 0.3 is 5.97 Å². The van der Waals surface area contributed by atoms with Crippen molar-refractivity contribution in [2.75, 3.05) is 6.54 Å². The Morgan fingerprint density at radius 2 is 1.95 bits per heavy atom. The molecule has 0 bridgehead atoms. The van der Waals surface area contributed by atoms with Crippen LogP contribution in [0, 0.1) is 0 Å². The van der Waals surface area contributed by atoms with Crippen molar-refractivity contribution in [1.29, 1.82) is 0 Å². The van der Waals surface area contributed by atoms with Crippen LogP contribution in [0.15, 0.2) is 36.4 Å². The van der Waals surface area contributed by atoms with Crippen molar-refractivity contribution in [2.45, 2.75) is 25.3 Å². The minimum absolute atomic E-state index is 0.386. The summed E-state index contributed by atoms with van der Waals surface area (Å²) in [5, 5.41) is 11.5. The van der Waals surface area contributed by atoms with E-state index in [1.54, 1.807) is 6.08 Å². The van der Waals surface area contributed by atoms with Gasteiger partial charge in [-0.25, -0.2) is 4.79 Å². The molecule has 0 aliphatic carbocycles. The lowest BCUT2D eigenvalue weighted by atomic mass is 10.1. The van der Waals surface area contributed by atoms with E-state index in [0.717, 1.165) is 12.0 Å². The molecule has 1 unspecified atom stereocenters. The van der Waals surface area contributed by atoms with Gasteiger partial charge in [0, 0.05) is 6.08 Å². The van der Waals surface area contributed by atoms with E-state index in [9.17, 15) is 9.59 Å². The summed E-state index contributed by atoms with van der Waals surface area (Å²) in [6, 6.07) is 8.47. The molecule has 1 amide bonds. The van der Waals surface area contributed by atoms with E-state index in [1.807, 2.05) is 30.3 Å². The first-order valence-electron chi connectivity index (χ1n) is 6.60. The molecule has 1 aromatic rings.